The summed E-state index contributed by atoms with van der Waals surface area (Å²) in [5.74, 6) is 0. The molecule has 0 aromatic rings. The minimum absolute atomic E-state index is 9.91. The average molecular weight is 207 g/mol. The van der Waals surface area contributed by atoms with E-state index in [9.17, 15) is 28.4 Å². The zero-order chi connectivity index (χ0) is 8.35. The number of rotatable bonds is 0. The molecule has 0 fully saturated rings. The molecule has 0 heterocycles. The van der Waals surface area contributed by atoms with Gasteiger partial charge in [0.15, 0.2) is 0 Å². The fourth-order valence-electron chi connectivity index (χ4n) is 0. The number of hydrogen-bond donors (Lipinski definition) is 0. The Morgan fingerprint density at radius 1 is 0.444 bits per heavy atom. The van der Waals surface area contributed by atoms with Gasteiger partial charge < -0.3 is 0 Å². The summed E-state index contributed by atoms with van der Waals surface area (Å²) in [7, 11) is 0. The molecule has 0 bridgehead atoms. The van der Waals surface area contributed by atoms with Crippen molar-refractivity contribution >= 4 is 0 Å². The molecule has 0 saturated carbocycles. The first-order valence-electron chi connectivity index (χ1n) is 1.14. The molecule has 9 heavy (non-hydrogen) atoms. The number of halogens is 8. The second kappa shape index (κ2) is 0.493. The van der Waals surface area contributed by atoms with Gasteiger partial charge in [-0.1, -0.05) is 0 Å². The second-order valence-corrected chi connectivity index (χ2v) is 6.23. The fraction of sp³-hybridized carbons (Fsp3) is 0. The van der Waals surface area contributed by atoms with Crippen LogP contribution in [-0.2, 0) is 12.3 Å². The molecule has 63 valence electrons. The van der Waals surface area contributed by atoms with Crippen LogP contribution in [-0.4, -0.2) is 0 Å². The Balaban J connectivity index is 5.84. The van der Waals surface area contributed by atoms with E-state index in [0.29, 0.717) is 0 Å². The molecule has 0 aromatic carbocycles. The van der Waals surface area contributed by atoms with Crippen molar-refractivity contribution in [2.45, 2.75) is 0 Å². The predicted octanol–water partition coefficient (Wildman–Crippen LogP) is 3.36. The molecule has 0 atom stereocenters. The first-order chi connectivity index (χ1) is 2.83. The van der Waals surface area contributed by atoms with Crippen LogP contribution in [0.3, 0.4) is 0 Å². The van der Waals surface area contributed by atoms with Crippen LogP contribution in [0.2, 0.25) is 0 Å². The third-order valence-corrected chi connectivity index (χ3v) is 0. The van der Waals surface area contributed by atoms with E-state index in [2.05, 4.69) is 0 Å². The summed E-state index contributed by atoms with van der Waals surface area (Å²) in [6.07, 6.45) is 0. The molecule has 0 saturated heterocycles. The van der Waals surface area contributed by atoms with E-state index >= 15 is 0 Å². The van der Waals surface area contributed by atoms with Gasteiger partial charge in [-0.05, 0) is 0 Å². The Morgan fingerprint density at radius 3 is 0.444 bits per heavy atom. The molecule has 0 amide bonds. The van der Waals surface area contributed by atoms with Crippen LogP contribution in [0.4, 0.5) is 28.4 Å². The Bertz CT molecular complexity index is 139. The quantitative estimate of drug-likeness (QED) is 0.422. The van der Waals surface area contributed by atoms with E-state index in [0.717, 1.165) is 0 Å². The molecule has 0 rings (SSSR count). The van der Waals surface area contributed by atoms with Gasteiger partial charge in [0, 0.05) is 0 Å². The molecule has 0 aliphatic rings. The summed E-state index contributed by atoms with van der Waals surface area (Å²) in [4.78, 5) is 0. The van der Waals surface area contributed by atoms with Crippen molar-refractivity contribution in [3.63, 3.8) is 0 Å². The molecule has 0 aromatic heterocycles. The van der Waals surface area contributed by atoms with Gasteiger partial charge in [0.2, 0.25) is 0 Å². The third-order valence-electron chi connectivity index (χ3n) is 0. The maximum absolute atomic E-state index is 15.0. The van der Waals surface area contributed by atoms with Gasteiger partial charge in [0.1, 0.15) is 0 Å². The van der Waals surface area contributed by atoms with Crippen molar-refractivity contribution in [3.8, 4) is 0 Å². The van der Waals surface area contributed by atoms with Crippen LogP contribution in [0.15, 0.2) is 0 Å². The Morgan fingerprint density at radius 2 is 0.444 bits per heavy atom. The molecular weight excluding hydrogens is 207 g/mol. The zero-order valence-corrected chi connectivity index (χ0v) is 4.58. The first-order valence-corrected chi connectivity index (χ1v) is 4.71. The van der Waals surface area contributed by atoms with E-state index in [4.69, 9.17) is 0 Å². The Kier molecular flexibility index (Phi) is 0.491. The Labute approximate surface area is 41.8 Å². The summed E-state index contributed by atoms with van der Waals surface area (Å²) < 4.78 is 79.3. The van der Waals surface area contributed by atoms with Crippen LogP contribution >= 0.6 is 0 Å². The van der Waals surface area contributed by atoms with Gasteiger partial charge in [0.05, 0.1) is 0 Å². The third kappa shape index (κ3) is 172000. The summed E-state index contributed by atoms with van der Waals surface area (Å²) >= 11 is -15.0. The predicted molar refractivity (Wildman–Crippen MR) is 8.86 cm³/mol. The van der Waals surface area contributed by atoms with E-state index in [1.807, 2.05) is 0 Å². The van der Waals surface area contributed by atoms with E-state index < -0.39 is 12.3 Å². The van der Waals surface area contributed by atoms with Gasteiger partial charge in [-0.25, -0.2) is 0 Å². The molecule has 0 aliphatic carbocycles. The normalized spacial score (nSPS) is 31.1. The Hall–Kier alpha value is -0.0405. The van der Waals surface area contributed by atoms with E-state index in [1.54, 1.807) is 0 Å². The van der Waals surface area contributed by atoms with Gasteiger partial charge in [-0.15, -0.1) is 0 Å². The first kappa shape index (κ1) is 8.96. The standard InChI is InChI=1S/8FH.Mn/h8*1H;/q;;;;;;;;+8/p-8. The number of hydrogen-bond acceptors (Lipinski definition) is 0. The van der Waals surface area contributed by atoms with Crippen LogP contribution in [0.1, 0.15) is 0 Å². The summed E-state index contributed by atoms with van der Waals surface area (Å²) in [6, 6.07) is 0. The van der Waals surface area contributed by atoms with Crippen molar-refractivity contribution in [1.29, 1.82) is 0 Å². The average Bonchev–Trinajstić information content (AvgIpc) is 0.503. The molecule has 9 heteroatoms. The molecule has 0 N–H and O–H groups in total. The van der Waals surface area contributed by atoms with Gasteiger partial charge >= 0.3 is 40.7 Å². The molecular formula is F8Mn. The molecule has 0 nitrogen and oxygen atoms in total. The molecule has 0 spiro atoms. The van der Waals surface area contributed by atoms with Crippen LogP contribution < -0.4 is 0 Å². The topological polar surface area (TPSA) is 0 Å². The van der Waals surface area contributed by atoms with Gasteiger partial charge in [-0.3, -0.25) is 0 Å². The van der Waals surface area contributed by atoms with Crippen molar-refractivity contribution in [1.82, 2.24) is 0 Å². The zero-order valence-electron chi connectivity index (χ0n) is 3.40. The van der Waals surface area contributed by atoms with Crippen LogP contribution in [0.25, 0.3) is 0 Å². The van der Waals surface area contributed by atoms with Crippen LogP contribution in [0.5, 0.6) is 0 Å². The van der Waals surface area contributed by atoms with E-state index in [-0.39, 0.29) is 0 Å². The van der Waals surface area contributed by atoms with Gasteiger partial charge in [0.25, 0.3) is 0 Å². The second-order valence-electron chi connectivity index (χ2n) is 1.51. The maximum atomic E-state index is 9.91. The van der Waals surface area contributed by atoms with Crippen molar-refractivity contribution in [2.75, 3.05) is 0 Å². The summed E-state index contributed by atoms with van der Waals surface area (Å²) in [6.45, 7) is 0. The van der Waals surface area contributed by atoms with Crippen molar-refractivity contribution in [2.24, 2.45) is 0 Å². The summed E-state index contributed by atoms with van der Waals surface area (Å²) in [5, 5.41) is 0. The van der Waals surface area contributed by atoms with Gasteiger partial charge in [-0.2, -0.15) is 0 Å². The minimum atomic E-state index is -15.0. The van der Waals surface area contributed by atoms with Crippen molar-refractivity contribution < 1.29 is 40.7 Å². The molecule has 0 unspecified atom stereocenters. The molecule has 0 radical (unpaired) electrons. The fourth-order valence-corrected chi connectivity index (χ4v) is 0. The monoisotopic (exact) mass is 207 g/mol. The van der Waals surface area contributed by atoms with Crippen molar-refractivity contribution in [3.05, 3.63) is 0 Å². The van der Waals surface area contributed by atoms with E-state index in [1.165, 1.54) is 0 Å². The van der Waals surface area contributed by atoms with Crippen LogP contribution in [0, 0.1) is 0 Å². The summed E-state index contributed by atoms with van der Waals surface area (Å²) in [5.41, 5.74) is 0. The molecule has 0 aliphatic heterocycles. The SMILES string of the molecule is [F][Mn]([F])([F])([F])([F])([F])([F])[F].